The van der Waals surface area contributed by atoms with Crippen LogP contribution in [0.4, 0.5) is 4.79 Å². The zero-order valence-electron chi connectivity index (χ0n) is 9.58. The Balaban J connectivity index is 2.18. The van der Waals surface area contributed by atoms with Crippen LogP contribution in [0.1, 0.15) is 5.56 Å². The van der Waals surface area contributed by atoms with E-state index in [0.717, 1.165) is 5.01 Å². The van der Waals surface area contributed by atoms with Gasteiger partial charge in [-0.2, -0.15) is 5.10 Å². The fourth-order valence-electron chi connectivity index (χ4n) is 1.42. The number of carbonyl (C=O) groups is 2. The van der Waals surface area contributed by atoms with Crippen molar-refractivity contribution in [3.05, 3.63) is 23.8 Å². The zero-order valence-corrected chi connectivity index (χ0v) is 9.58. The molecule has 18 heavy (non-hydrogen) atoms. The van der Waals surface area contributed by atoms with Crippen LogP contribution in [0.2, 0.25) is 0 Å². The summed E-state index contributed by atoms with van der Waals surface area (Å²) in [5.74, 6) is 0.147. The first-order valence-corrected chi connectivity index (χ1v) is 5.12. The number of aromatic hydroxyl groups is 1. The van der Waals surface area contributed by atoms with Crippen molar-refractivity contribution < 1.29 is 19.4 Å². The van der Waals surface area contributed by atoms with Crippen LogP contribution in [0.15, 0.2) is 23.3 Å². The van der Waals surface area contributed by atoms with Crippen molar-refractivity contribution >= 4 is 18.2 Å². The van der Waals surface area contributed by atoms with Gasteiger partial charge in [0.1, 0.15) is 18.0 Å². The molecule has 7 heteroatoms. The summed E-state index contributed by atoms with van der Waals surface area (Å²) in [5, 5.41) is 16.5. The van der Waals surface area contributed by atoms with E-state index in [1.54, 1.807) is 12.1 Å². The van der Waals surface area contributed by atoms with Crippen molar-refractivity contribution in [2.24, 2.45) is 5.10 Å². The number of hydrazone groups is 1. The summed E-state index contributed by atoms with van der Waals surface area (Å²) in [4.78, 5) is 22.1. The number of rotatable bonds is 3. The van der Waals surface area contributed by atoms with Crippen LogP contribution in [0, 0.1) is 0 Å². The predicted molar refractivity (Wildman–Crippen MR) is 62.5 cm³/mol. The third-order valence-electron chi connectivity index (χ3n) is 2.35. The Hall–Kier alpha value is -2.57. The van der Waals surface area contributed by atoms with E-state index in [1.807, 2.05) is 0 Å². The normalized spacial score (nSPS) is 15.3. The van der Waals surface area contributed by atoms with E-state index in [1.165, 1.54) is 19.4 Å². The number of amides is 3. The second-order valence-electron chi connectivity index (χ2n) is 3.58. The van der Waals surface area contributed by atoms with E-state index >= 15 is 0 Å². The minimum Gasteiger partial charge on any atom is -0.507 e. The van der Waals surface area contributed by atoms with Crippen LogP contribution >= 0.6 is 0 Å². The van der Waals surface area contributed by atoms with Gasteiger partial charge in [0.25, 0.3) is 0 Å². The number of ether oxygens (including phenoxy) is 1. The molecule has 3 amide bonds. The fraction of sp³-hybridized carbons (Fsp3) is 0.182. The van der Waals surface area contributed by atoms with Crippen molar-refractivity contribution in [1.82, 2.24) is 10.3 Å². The molecule has 1 aromatic rings. The van der Waals surface area contributed by atoms with Crippen LogP contribution < -0.4 is 10.1 Å². The lowest BCUT2D eigenvalue weighted by atomic mass is 10.2. The summed E-state index contributed by atoms with van der Waals surface area (Å²) in [5.41, 5.74) is 0.390. The van der Waals surface area contributed by atoms with E-state index in [-0.39, 0.29) is 12.3 Å². The van der Waals surface area contributed by atoms with Gasteiger partial charge in [-0.1, -0.05) is 0 Å². The lowest BCUT2D eigenvalue weighted by Gasteiger charge is -2.06. The van der Waals surface area contributed by atoms with Crippen LogP contribution in [0.3, 0.4) is 0 Å². The molecule has 1 aliphatic heterocycles. The number of carbonyl (C=O) groups excluding carboxylic acids is 2. The van der Waals surface area contributed by atoms with Crippen molar-refractivity contribution in [2.45, 2.75) is 0 Å². The average molecular weight is 249 g/mol. The number of benzene rings is 1. The van der Waals surface area contributed by atoms with Gasteiger partial charge in [0, 0.05) is 5.56 Å². The van der Waals surface area contributed by atoms with Crippen molar-refractivity contribution in [1.29, 1.82) is 0 Å². The Bertz CT molecular complexity index is 527. The first-order chi connectivity index (χ1) is 8.60. The third-order valence-corrected chi connectivity index (χ3v) is 2.35. The lowest BCUT2D eigenvalue weighted by molar-refractivity contribution is -0.118. The smallest absolute Gasteiger partial charge is 0.344 e. The Kier molecular flexibility index (Phi) is 3.13. The fourth-order valence-corrected chi connectivity index (χ4v) is 1.42. The standard InChI is InChI=1S/C11H11N3O4/c1-18-8-2-3-9(15)7(4-8)5-12-14-6-10(16)13-11(14)17/h2-5,15H,6H2,1H3,(H,13,16,17)/b12-5+. The number of phenols is 1. The first kappa shape index (κ1) is 11.9. The molecule has 1 saturated heterocycles. The number of urea groups is 1. The zero-order chi connectivity index (χ0) is 13.1. The van der Waals surface area contributed by atoms with Crippen molar-refractivity contribution in [3.8, 4) is 11.5 Å². The maximum absolute atomic E-state index is 11.2. The maximum atomic E-state index is 11.2. The minimum absolute atomic E-state index is 0.00508. The SMILES string of the molecule is COc1ccc(O)c(/C=N/N2CC(=O)NC2=O)c1. The Labute approximate surface area is 103 Å². The van der Waals surface area contributed by atoms with Gasteiger partial charge in [-0.05, 0) is 18.2 Å². The first-order valence-electron chi connectivity index (χ1n) is 5.12. The van der Waals surface area contributed by atoms with Gasteiger partial charge < -0.3 is 9.84 Å². The largest absolute Gasteiger partial charge is 0.507 e. The highest BCUT2D eigenvalue weighted by Crippen LogP contribution is 2.21. The number of imide groups is 1. The molecule has 2 rings (SSSR count). The molecule has 0 spiro atoms. The second-order valence-corrected chi connectivity index (χ2v) is 3.58. The van der Waals surface area contributed by atoms with Gasteiger partial charge in [-0.15, -0.1) is 0 Å². The van der Waals surface area contributed by atoms with Crippen LogP contribution in [0.5, 0.6) is 11.5 Å². The molecule has 1 aromatic carbocycles. The summed E-state index contributed by atoms with van der Waals surface area (Å²) >= 11 is 0. The average Bonchev–Trinajstić information content (AvgIpc) is 2.67. The number of phenolic OH excluding ortho intramolecular Hbond substituents is 1. The summed E-state index contributed by atoms with van der Waals surface area (Å²) in [6.45, 7) is -0.125. The summed E-state index contributed by atoms with van der Waals surface area (Å²) in [6.07, 6.45) is 1.29. The van der Waals surface area contributed by atoms with E-state index in [4.69, 9.17) is 4.74 Å². The molecule has 0 aliphatic carbocycles. The van der Waals surface area contributed by atoms with Gasteiger partial charge in [0.05, 0.1) is 13.3 Å². The third kappa shape index (κ3) is 2.40. The van der Waals surface area contributed by atoms with Gasteiger partial charge >= 0.3 is 6.03 Å². The molecule has 1 aliphatic rings. The van der Waals surface area contributed by atoms with Gasteiger partial charge in [0.15, 0.2) is 0 Å². The Morgan fingerprint density at radius 3 is 2.89 bits per heavy atom. The molecular formula is C11H11N3O4. The predicted octanol–water partition coefficient (Wildman–Crippen LogP) is 0.286. The molecule has 94 valence electrons. The molecule has 0 saturated carbocycles. The molecule has 0 unspecified atom stereocenters. The molecule has 1 fully saturated rings. The van der Waals surface area contributed by atoms with E-state index in [9.17, 15) is 14.7 Å². The highest BCUT2D eigenvalue weighted by Gasteiger charge is 2.25. The highest BCUT2D eigenvalue weighted by molar-refractivity contribution is 6.02. The number of methoxy groups -OCH3 is 1. The Morgan fingerprint density at radius 2 is 2.28 bits per heavy atom. The molecule has 1 heterocycles. The van der Waals surface area contributed by atoms with E-state index in [0.29, 0.717) is 11.3 Å². The van der Waals surface area contributed by atoms with Crippen LogP contribution in [-0.4, -0.2) is 41.9 Å². The van der Waals surface area contributed by atoms with E-state index < -0.39 is 11.9 Å². The second kappa shape index (κ2) is 4.74. The molecule has 2 N–H and O–H groups in total. The van der Waals surface area contributed by atoms with Crippen LogP contribution in [0.25, 0.3) is 0 Å². The van der Waals surface area contributed by atoms with Gasteiger partial charge in [-0.25, -0.2) is 9.80 Å². The van der Waals surface area contributed by atoms with Crippen molar-refractivity contribution in [2.75, 3.05) is 13.7 Å². The lowest BCUT2D eigenvalue weighted by Crippen LogP contribution is -2.24. The molecule has 7 nitrogen and oxygen atoms in total. The molecule has 0 atom stereocenters. The Morgan fingerprint density at radius 1 is 1.50 bits per heavy atom. The molecular weight excluding hydrogens is 238 g/mol. The summed E-state index contributed by atoms with van der Waals surface area (Å²) in [6, 6.07) is 4.03. The monoisotopic (exact) mass is 249 g/mol. The number of nitrogens with one attached hydrogen (secondary N) is 1. The van der Waals surface area contributed by atoms with Crippen LogP contribution in [-0.2, 0) is 4.79 Å². The number of nitrogens with zero attached hydrogens (tertiary/aromatic N) is 2. The topological polar surface area (TPSA) is 91.2 Å². The number of hydrogen-bond donors (Lipinski definition) is 2. The molecule has 0 radical (unpaired) electrons. The number of hydrogen-bond acceptors (Lipinski definition) is 5. The minimum atomic E-state index is -0.585. The quantitative estimate of drug-likeness (QED) is 0.594. The highest BCUT2D eigenvalue weighted by atomic mass is 16.5. The van der Waals surface area contributed by atoms with E-state index in [2.05, 4.69) is 10.4 Å². The van der Waals surface area contributed by atoms with Crippen molar-refractivity contribution in [3.63, 3.8) is 0 Å². The van der Waals surface area contributed by atoms with Gasteiger partial charge in [-0.3, -0.25) is 10.1 Å². The summed E-state index contributed by atoms with van der Waals surface area (Å²) < 4.78 is 5.00. The van der Waals surface area contributed by atoms with Gasteiger partial charge in [0.2, 0.25) is 5.91 Å². The molecule has 0 aromatic heterocycles. The molecule has 0 bridgehead atoms. The summed E-state index contributed by atoms with van der Waals surface area (Å²) in [7, 11) is 1.50. The maximum Gasteiger partial charge on any atom is 0.344 e.